The Balaban J connectivity index is 2.21. The molecule has 17 heavy (non-hydrogen) atoms. The number of carbonyl (C=O) groups is 2. The third-order valence-electron chi connectivity index (χ3n) is 2.73. The molecule has 0 spiro atoms. The van der Waals surface area contributed by atoms with Gasteiger partial charge in [-0.05, 0) is 20.3 Å². The Kier molecular flexibility index (Phi) is 4.47. The van der Waals surface area contributed by atoms with Gasteiger partial charge < -0.3 is 10.4 Å². The molecule has 0 aliphatic carbocycles. The molecular formula is C11H21N3O3. The number of hydrogen-bond acceptors (Lipinski definition) is 4. The van der Waals surface area contributed by atoms with E-state index >= 15 is 0 Å². The standard InChI is InChI=1S/C11H21N3O3/c1-4-11(17)6-14(7-11)5-9(15)13-10(16)12-8(2)3/h8,17H,4-7H2,1-3H3,(H2,12,13,15,16). The second kappa shape index (κ2) is 5.46. The number of urea groups is 1. The summed E-state index contributed by atoms with van der Waals surface area (Å²) in [5, 5.41) is 14.6. The lowest BCUT2D eigenvalue weighted by Crippen LogP contribution is -2.63. The lowest BCUT2D eigenvalue weighted by molar-refractivity contribution is -0.132. The van der Waals surface area contributed by atoms with E-state index in [0.717, 1.165) is 0 Å². The third-order valence-corrected chi connectivity index (χ3v) is 2.73. The molecule has 0 unspecified atom stereocenters. The molecular weight excluding hydrogens is 222 g/mol. The van der Waals surface area contributed by atoms with Crippen molar-refractivity contribution in [3.8, 4) is 0 Å². The Bertz CT molecular complexity index is 298. The fourth-order valence-electron chi connectivity index (χ4n) is 1.79. The van der Waals surface area contributed by atoms with Crippen LogP contribution in [-0.4, -0.2) is 53.2 Å². The summed E-state index contributed by atoms with van der Waals surface area (Å²) >= 11 is 0. The van der Waals surface area contributed by atoms with Crippen LogP contribution in [0.1, 0.15) is 27.2 Å². The monoisotopic (exact) mass is 243 g/mol. The van der Waals surface area contributed by atoms with Gasteiger partial charge in [0.05, 0.1) is 12.1 Å². The van der Waals surface area contributed by atoms with E-state index in [2.05, 4.69) is 10.6 Å². The van der Waals surface area contributed by atoms with Gasteiger partial charge in [-0.3, -0.25) is 15.0 Å². The normalized spacial score (nSPS) is 18.6. The number of hydrogen-bond donors (Lipinski definition) is 3. The maximum atomic E-state index is 11.4. The molecule has 0 aromatic heterocycles. The fraction of sp³-hybridized carbons (Fsp3) is 0.818. The highest BCUT2D eigenvalue weighted by Crippen LogP contribution is 2.23. The second-order valence-corrected chi connectivity index (χ2v) is 4.90. The van der Waals surface area contributed by atoms with Crippen LogP contribution in [0.2, 0.25) is 0 Å². The van der Waals surface area contributed by atoms with Crippen molar-refractivity contribution in [3.05, 3.63) is 0 Å². The molecule has 0 bridgehead atoms. The van der Waals surface area contributed by atoms with E-state index in [9.17, 15) is 14.7 Å². The minimum Gasteiger partial charge on any atom is -0.387 e. The van der Waals surface area contributed by atoms with Crippen molar-refractivity contribution >= 4 is 11.9 Å². The SMILES string of the molecule is CCC1(O)CN(CC(=O)NC(=O)NC(C)C)C1. The molecule has 1 fully saturated rings. The van der Waals surface area contributed by atoms with Gasteiger partial charge in [-0.1, -0.05) is 6.92 Å². The molecule has 6 nitrogen and oxygen atoms in total. The number of likely N-dealkylation sites (tertiary alicyclic amines) is 1. The number of nitrogens with zero attached hydrogens (tertiary/aromatic N) is 1. The zero-order chi connectivity index (χ0) is 13.1. The van der Waals surface area contributed by atoms with E-state index < -0.39 is 11.6 Å². The van der Waals surface area contributed by atoms with Crippen LogP contribution >= 0.6 is 0 Å². The molecule has 0 saturated carbocycles. The largest absolute Gasteiger partial charge is 0.387 e. The summed E-state index contributed by atoms with van der Waals surface area (Å²) in [6.07, 6.45) is 0.680. The van der Waals surface area contributed by atoms with Crippen molar-refractivity contribution < 1.29 is 14.7 Å². The number of rotatable bonds is 4. The first-order chi connectivity index (χ1) is 7.84. The van der Waals surface area contributed by atoms with E-state index in [1.54, 1.807) is 0 Å². The van der Waals surface area contributed by atoms with Crippen molar-refractivity contribution in [2.45, 2.75) is 38.8 Å². The Morgan fingerprint density at radius 1 is 1.41 bits per heavy atom. The molecule has 0 aromatic carbocycles. The molecule has 1 aliphatic heterocycles. The summed E-state index contributed by atoms with van der Waals surface area (Å²) in [4.78, 5) is 24.5. The van der Waals surface area contributed by atoms with Crippen molar-refractivity contribution in [2.75, 3.05) is 19.6 Å². The van der Waals surface area contributed by atoms with Gasteiger partial charge in [-0.2, -0.15) is 0 Å². The summed E-state index contributed by atoms with van der Waals surface area (Å²) in [6.45, 7) is 6.68. The first kappa shape index (κ1) is 13.9. The summed E-state index contributed by atoms with van der Waals surface area (Å²) < 4.78 is 0. The minimum absolute atomic E-state index is 0.00279. The van der Waals surface area contributed by atoms with Crippen LogP contribution in [-0.2, 0) is 4.79 Å². The van der Waals surface area contributed by atoms with E-state index in [4.69, 9.17) is 0 Å². The van der Waals surface area contributed by atoms with Crippen LogP contribution in [0.4, 0.5) is 4.79 Å². The smallest absolute Gasteiger partial charge is 0.321 e. The average Bonchev–Trinajstić information content (AvgIpc) is 2.13. The van der Waals surface area contributed by atoms with Gasteiger partial charge in [0, 0.05) is 19.1 Å². The number of amides is 3. The molecule has 0 aromatic rings. The average molecular weight is 243 g/mol. The molecule has 1 heterocycles. The minimum atomic E-state index is -0.652. The van der Waals surface area contributed by atoms with Gasteiger partial charge in [0.2, 0.25) is 5.91 Å². The Hall–Kier alpha value is -1.14. The summed E-state index contributed by atoms with van der Waals surface area (Å²) in [6, 6.07) is -0.478. The highest BCUT2D eigenvalue weighted by atomic mass is 16.3. The number of imide groups is 1. The fourth-order valence-corrected chi connectivity index (χ4v) is 1.79. The third kappa shape index (κ3) is 4.32. The van der Waals surface area contributed by atoms with Crippen molar-refractivity contribution in [2.24, 2.45) is 0 Å². The molecule has 3 N–H and O–H groups in total. The van der Waals surface area contributed by atoms with Crippen molar-refractivity contribution in [1.29, 1.82) is 0 Å². The number of nitrogens with one attached hydrogen (secondary N) is 2. The number of carbonyl (C=O) groups excluding carboxylic acids is 2. The maximum absolute atomic E-state index is 11.4. The van der Waals surface area contributed by atoms with Gasteiger partial charge in [0.25, 0.3) is 0 Å². The predicted molar refractivity (Wildman–Crippen MR) is 63.5 cm³/mol. The van der Waals surface area contributed by atoms with Gasteiger partial charge in [-0.15, -0.1) is 0 Å². The van der Waals surface area contributed by atoms with Crippen LogP contribution in [0, 0.1) is 0 Å². The van der Waals surface area contributed by atoms with Gasteiger partial charge in [-0.25, -0.2) is 4.79 Å². The number of aliphatic hydroxyl groups is 1. The quantitative estimate of drug-likeness (QED) is 0.632. The molecule has 3 amide bonds. The van der Waals surface area contributed by atoms with E-state index in [1.807, 2.05) is 25.7 Å². The first-order valence-electron chi connectivity index (χ1n) is 5.90. The van der Waals surface area contributed by atoms with E-state index in [0.29, 0.717) is 19.5 Å². The van der Waals surface area contributed by atoms with E-state index in [1.165, 1.54) is 0 Å². The Morgan fingerprint density at radius 2 is 2.00 bits per heavy atom. The Labute approximate surface area is 101 Å². The highest BCUT2D eigenvalue weighted by molar-refractivity contribution is 5.95. The summed E-state index contributed by atoms with van der Waals surface area (Å²) in [5.41, 5.74) is -0.652. The molecule has 98 valence electrons. The van der Waals surface area contributed by atoms with Gasteiger partial charge >= 0.3 is 6.03 Å². The first-order valence-corrected chi connectivity index (χ1v) is 5.90. The van der Waals surface area contributed by atoms with Gasteiger partial charge in [0.1, 0.15) is 0 Å². The molecule has 6 heteroatoms. The lowest BCUT2D eigenvalue weighted by Gasteiger charge is -2.45. The summed E-state index contributed by atoms with van der Waals surface area (Å²) in [5.74, 6) is -0.346. The zero-order valence-corrected chi connectivity index (χ0v) is 10.6. The molecule has 0 radical (unpaired) electrons. The van der Waals surface area contributed by atoms with Gasteiger partial charge in [0.15, 0.2) is 0 Å². The summed E-state index contributed by atoms with van der Waals surface area (Å²) in [7, 11) is 0. The molecule has 0 atom stereocenters. The maximum Gasteiger partial charge on any atom is 0.321 e. The Morgan fingerprint density at radius 3 is 2.47 bits per heavy atom. The topological polar surface area (TPSA) is 81.7 Å². The second-order valence-electron chi connectivity index (χ2n) is 4.90. The molecule has 1 rings (SSSR count). The van der Waals surface area contributed by atoms with Crippen LogP contribution in [0.5, 0.6) is 0 Å². The predicted octanol–water partition coefficient (Wildman–Crippen LogP) is -0.323. The van der Waals surface area contributed by atoms with E-state index in [-0.39, 0.29) is 18.5 Å². The van der Waals surface area contributed by atoms with Crippen LogP contribution in [0.15, 0.2) is 0 Å². The van der Waals surface area contributed by atoms with Crippen molar-refractivity contribution in [1.82, 2.24) is 15.5 Å². The number of β-amino-alcohol motifs (C(OH)–C–C–N with tert-alkyl or cyclic N) is 1. The van der Waals surface area contributed by atoms with Crippen molar-refractivity contribution in [3.63, 3.8) is 0 Å². The zero-order valence-electron chi connectivity index (χ0n) is 10.6. The lowest BCUT2D eigenvalue weighted by atomic mass is 9.91. The molecule has 1 saturated heterocycles. The van der Waals surface area contributed by atoms with Crippen LogP contribution in [0.3, 0.4) is 0 Å². The molecule has 1 aliphatic rings. The highest BCUT2D eigenvalue weighted by Gasteiger charge is 2.39. The van der Waals surface area contributed by atoms with Crippen LogP contribution in [0.25, 0.3) is 0 Å². The van der Waals surface area contributed by atoms with Crippen LogP contribution < -0.4 is 10.6 Å².